The maximum absolute atomic E-state index is 7.00. The van der Waals surface area contributed by atoms with Crippen LogP contribution in [0.1, 0.15) is 29.8 Å². The Hall–Kier alpha value is 0.210. The minimum Gasteiger partial charge on any atom is -0.381 e. The van der Waals surface area contributed by atoms with Crippen LogP contribution in [-0.4, -0.2) is 26.2 Å². The lowest BCUT2D eigenvalue weighted by atomic mass is 9.62. The zero-order chi connectivity index (χ0) is 10.2. The zero-order valence-corrected chi connectivity index (χ0v) is 7.95. The second kappa shape index (κ2) is 3.95. The van der Waals surface area contributed by atoms with Gasteiger partial charge in [-0.1, -0.05) is 0 Å². The molecule has 0 atom stereocenters. The Kier molecular flexibility index (Phi) is 2.18. The standard InChI is InChI=1S/C9H17NO.ClH/c1-11-8-6-9(7-8)2-4-10-5-3-9;/h8,10H,2-7H2,1H3;1H/i1D3;. The normalized spacial score (nSPS) is 32.5. The van der Waals surface area contributed by atoms with Gasteiger partial charge in [-0.25, -0.2) is 0 Å². The van der Waals surface area contributed by atoms with Crippen molar-refractivity contribution in [2.75, 3.05) is 20.1 Å². The molecule has 1 spiro atoms. The number of hydrogen-bond acceptors (Lipinski definition) is 2. The quantitative estimate of drug-likeness (QED) is 0.685. The van der Waals surface area contributed by atoms with E-state index in [0.29, 0.717) is 5.41 Å². The molecule has 2 rings (SSSR count). The largest absolute Gasteiger partial charge is 0.381 e. The van der Waals surface area contributed by atoms with E-state index in [9.17, 15) is 0 Å². The first-order chi connectivity index (χ1) is 6.49. The molecule has 0 aromatic carbocycles. The fraction of sp³-hybridized carbons (Fsp3) is 1.00. The van der Waals surface area contributed by atoms with E-state index in [4.69, 9.17) is 8.85 Å². The molecule has 1 N–H and O–H groups in total. The molecule has 1 aliphatic heterocycles. The predicted molar refractivity (Wildman–Crippen MR) is 51.8 cm³/mol. The summed E-state index contributed by atoms with van der Waals surface area (Å²) in [5, 5.41) is 3.32. The van der Waals surface area contributed by atoms with E-state index in [0.717, 1.165) is 25.9 Å². The Balaban J connectivity index is 0.00000112. The van der Waals surface area contributed by atoms with Crippen LogP contribution in [0.15, 0.2) is 0 Å². The van der Waals surface area contributed by atoms with Crippen LogP contribution in [0.3, 0.4) is 0 Å². The summed E-state index contributed by atoms with van der Waals surface area (Å²) in [6, 6.07) is 0. The molecule has 2 nitrogen and oxygen atoms in total. The van der Waals surface area contributed by atoms with Crippen molar-refractivity contribution in [3.63, 3.8) is 0 Å². The van der Waals surface area contributed by atoms with Crippen molar-refractivity contribution in [3.8, 4) is 0 Å². The van der Waals surface area contributed by atoms with Gasteiger partial charge in [-0.3, -0.25) is 0 Å². The third kappa shape index (κ3) is 1.76. The number of ether oxygens (including phenoxy) is 1. The molecular weight excluding hydrogens is 174 g/mol. The summed E-state index contributed by atoms with van der Waals surface area (Å²) in [5.74, 6) is 0. The molecule has 72 valence electrons. The minimum absolute atomic E-state index is 0. The fourth-order valence-corrected chi connectivity index (χ4v) is 2.35. The van der Waals surface area contributed by atoms with Gasteiger partial charge in [0.25, 0.3) is 0 Å². The van der Waals surface area contributed by atoms with E-state index >= 15 is 0 Å². The van der Waals surface area contributed by atoms with Crippen molar-refractivity contribution in [3.05, 3.63) is 0 Å². The van der Waals surface area contributed by atoms with Gasteiger partial charge < -0.3 is 10.1 Å². The molecule has 0 radical (unpaired) electrons. The number of piperidine rings is 1. The molecule has 12 heavy (non-hydrogen) atoms. The highest BCUT2D eigenvalue weighted by Crippen LogP contribution is 2.48. The minimum atomic E-state index is -2.21. The second-order valence-corrected chi connectivity index (χ2v) is 3.90. The molecule has 1 saturated heterocycles. The molecule has 3 heteroatoms. The third-order valence-corrected chi connectivity index (χ3v) is 3.15. The molecule has 0 aromatic heterocycles. The Bertz CT molecular complexity index is 208. The SMILES string of the molecule is Cl.[2H]C([2H])([2H])OC1CC2(CCNCC2)C1. The number of methoxy groups -OCH3 is 1. The first-order valence-corrected chi connectivity index (χ1v) is 4.38. The van der Waals surface area contributed by atoms with Gasteiger partial charge in [0, 0.05) is 7.04 Å². The van der Waals surface area contributed by atoms with Gasteiger partial charge in [0.2, 0.25) is 0 Å². The molecule has 0 aromatic rings. The van der Waals surface area contributed by atoms with Crippen molar-refractivity contribution < 1.29 is 8.85 Å². The van der Waals surface area contributed by atoms with Gasteiger partial charge in [0.15, 0.2) is 0 Å². The summed E-state index contributed by atoms with van der Waals surface area (Å²) in [7, 11) is -2.21. The monoisotopic (exact) mass is 194 g/mol. The maximum atomic E-state index is 7.00. The van der Waals surface area contributed by atoms with Crippen molar-refractivity contribution in [2.24, 2.45) is 5.41 Å². The van der Waals surface area contributed by atoms with Crippen LogP contribution >= 0.6 is 12.4 Å². The first kappa shape index (κ1) is 6.63. The lowest BCUT2D eigenvalue weighted by molar-refractivity contribution is -0.0735. The summed E-state index contributed by atoms with van der Waals surface area (Å²) >= 11 is 0. The van der Waals surface area contributed by atoms with Gasteiger partial charge >= 0.3 is 0 Å². The molecule has 2 fully saturated rings. The van der Waals surface area contributed by atoms with E-state index in [-0.39, 0.29) is 18.5 Å². The summed E-state index contributed by atoms with van der Waals surface area (Å²) in [6.45, 7) is 2.14. The number of hydrogen-bond donors (Lipinski definition) is 1. The van der Waals surface area contributed by atoms with Crippen LogP contribution in [0.2, 0.25) is 0 Å². The van der Waals surface area contributed by atoms with Gasteiger partial charge in [-0.15, -0.1) is 12.4 Å². The predicted octanol–water partition coefficient (Wildman–Crippen LogP) is 1.59. The Morgan fingerprint density at radius 1 is 1.42 bits per heavy atom. The van der Waals surface area contributed by atoms with Crippen molar-refractivity contribution in [1.29, 1.82) is 0 Å². The highest BCUT2D eigenvalue weighted by atomic mass is 35.5. The lowest BCUT2D eigenvalue weighted by Gasteiger charge is -2.49. The lowest BCUT2D eigenvalue weighted by Crippen LogP contribution is -2.48. The van der Waals surface area contributed by atoms with E-state index in [2.05, 4.69) is 5.32 Å². The van der Waals surface area contributed by atoms with Crippen LogP contribution in [0.4, 0.5) is 0 Å². The van der Waals surface area contributed by atoms with E-state index < -0.39 is 7.04 Å². The average molecular weight is 195 g/mol. The summed E-state index contributed by atoms with van der Waals surface area (Å²) < 4.78 is 26.0. The Morgan fingerprint density at radius 2 is 2.08 bits per heavy atom. The zero-order valence-electron chi connectivity index (χ0n) is 10.1. The van der Waals surface area contributed by atoms with Crippen LogP contribution in [0.5, 0.6) is 0 Å². The Labute approximate surface area is 84.7 Å². The molecule has 0 amide bonds. The van der Waals surface area contributed by atoms with E-state index in [1.807, 2.05) is 0 Å². The number of nitrogens with one attached hydrogen (secondary N) is 1. The van der Waals surface area contributed by atoms with E-state index in [1.54, 1.807) is 0 Å². The highest BCUT2D eigenvalue weighted by molar-refractivity contribution is 5.85. The van der Waals surface area contributed by atoms with Crippen LogP contribution < -0.4 is 5.32 Å². The van der Waals surface area contributed by atoms with Gasteiger partial charge in [0.1, 0.15) is 0 Å². The summed E-state index contributed by atoms with van der Waals surface area (Å²) in [5.41, 5.74) is 0.404. The fourth-order valence-electron chi connectivity index (χ4n) is 2.35. The summed E-state index contributed by atoms with van der Waals surface area (Å²) in [4.78, 5) is 0. The number of halogens is 1. The van der Waals surface area contributed by atoms with Gasteiger partial charge in [-0.2, -0.15) is 0 Å². The first-order valence-electron chi connectivity index (χ1n) is 5.88. The third-order valence-electron chi connectivity index (χ3n) is 3.15. The number of rotatable bonds is 1. The van der Waals surface area contributed by atoms with Crippen molar-refractivity contribution >= 4 is 12.4 Å². The average Bonchev–Trinajstić information content (AvgIpc) is 2.00. The molecule has 0 bridgehead atoms. The maximum Gasteiger partial charge on any atom is 0.0582 e. The molecular formula is C9H18ClNO. The smallest absolute Gasteiger partial charge is 0.0582 e. The molecule has 1 saturated carbocycles. The topological polar surface area (TPSA) is 21.3 Å². The van der Waals surface area contributed by atoms with Crippen molar-refractivity contribution in [2.45, 2.75) is 31.8 Å². The summed E-state index contributed by atoms with van der Waals surface area (Å²) in [6.07, 6.45) is 4.20. The van der Waals surface area contributed by atoms with Crippen LogP contribution in [-0.2, 0) is 4.74 Å². The second-order valence-electron chi connectivity index (χ2n) is 3.90. The van der Waals surface area contributed by atoms with Crippen LogP contribution in [0, 0.1) is 5.41 Å². The molecule has 1 heterocycles. The van der Waals surface area contributed by atoms with E-state index in [1.165, 1.54) is 12.8 Å². The molecule has 0 unspecified atom stereocenters. The Morgan fingerprint density at radius 3 is 2.67 bits per heavy atom. The van der Waals surface area contributed by atoms with Crippen molar-refractivity contribution in [1.82, 2.24) is 5.32 Å². The van der Waals surface area contributed by atoms with Gasteiger partial charge in [-0.05, 0) is 44.2 Å². The molecule has 1 aliphatic carbocycles. The van der Waals surface area contributed by atoms with Gasteiger partial charge in [0.05, 0.1) is 10.2 Å². The molecule has 2 aliphatic rings. The highest BCUT2D eigenvalue weighted by Gasteiger charge is 2.44. The van der Waals surface area contributed by atoms with Crippen LogP contribution in [0.25, 0.3) is 0 Å².